The minimum atomic E-state index is -0.540. The van der Waals surface area contributed by atoms with Crippen molar-refractivity contribution in [3.63, 3.8) is 0 Å². The van der Waals surface area contributed by atoms with Gasteiger partial charge in [0.05, 0.1) is 44.4 Å². The molecule has 39 heavy (non-hydrogen) atoms. The highest BCUT2D eigenvalue weighted by atomic mass is 16.6. The summed E-state index contributed by atoms with van der Waals surface area (Å²) in [5, 5.41) is 11.5. The second-order valence-corrected chi connectivity index (χ2v) is 9.06. The number of cyclic esters (lactones) is 1. The number of amides is 2. The van der Waals surface area contributed by atoms with Crippen LogP contribution in [0.4, 0.5) is 10.5 Å². The van der Waals surface area contributed by atoms with E-state index < -0.39 is 4.92 Å². The number of hydrogen-bond acceptors (Lipinski definition) is 9. The molecule has 1 unspecified atom stereocenters. The normalized spacial score (nSPS) is 17.7. The molecule has 0 saturated carbocycles. The van der Waals surface area contributed by atoms with Gasteiger partial charge in [0.2, 0.25) is 5.91 Å². The number of carbonyl (C=O) groups excluding carboxylic acids is 2. The zero-order valence-electron chi connectivity index (χ0n) is 22.0. The number of carbonyl (C=O) groups is 2. The van der Waals surface area contributed by atoms with Gasteiger partial charge in [-0.3, -0.25) is 14.9 Å². The van der Waals surface area contributed by atoms with E-state index in [2.05, 4.69) is 0 Å². The Bertz CT molecular complexity index is 1220. The van der Waals surface area contributed by atoms with E-state index in [1.165, 1.54) is 38.5 Å². The van der Waals surface area contributed by atoms with Crippen LogP contribution < -0.4 is 18.9 Å². The topological polar surface area (TPSA) is 130 Å². The smallest absolute Gasteiger partial charge is 0.410 e. The van der Waals surface area contributed by atoms with Gasteiger partial charge in [0, 0.05) is 25.2 Å². The first-order valence-electron chi connectivity index (χ1n) is 12.4. The number of rotatable bonds is 10. The number of benzene rings is 2. The van der Waals surface area contributed by atoms with Crippen LogP contribution in [0.25, 0.3) is 6.08 Å². The summed E-state index contributed by atoms with van der Waals surface area (Å²) in [5.41, 5.74) is 0.0251. The van der Waals surface area contributed by atoms with Gasteiger partial charge in [0.25, 0.3) is 5.69 Å². The second-order valence-electron chi connectivity index (χ2n) is 9.06. The van der Waals surface area contributed by atoms with Crippen LogP contribution in [0.15, 0.2) is 42.5 Å². The summed E-state index contributed by atoms with van der Waals surface area (Å²) in [5.74, 6) is 1.66. The number of nitro groups is 1. The predicted octanol–water partition coefficient (Wildman–Crippen LogP) is 3.52. The second kappa shape index (κ2) is 12.4. The summed E-state index contributed by atoms with van der Waals surface area (Å²) in [6.45, 7) is 1.53. The van der Waals surface area contributed by atoms with E-state index >= 15 is 0 Å². The van der Waals surface area contributed by atoms with Gasteiger partial charge in [0.1, 0.15) is 18.1 Å². The molecule has 2 heterocycles. The van der Waals surface area contributed by atoms with Crippen molar-refractivity contribution in [3.8, 4) is 23.0 Å². The molecule has 0 N–H and O–H groups in total. The van der Waals surface area contributed by atoms with Crippen LogP contribution in [0.3, 0.4) is 0 Å². The standard InChI is InChI=1S/C27H31N3O9/c1-35-20-5-7-21(8-6-20)38-17-22-16-29(27(32)39-22)19-10-12-28(13-11-19)26(31)9-4-18-14-24(36-2)25(37-3)15-23(18)30(33)34/h4-9,14-15,19,22H,10-13,16-17H2,1-3H3. The third kappa shape index (κ3) is 6.51. The van der Waals surface area contributed by atoms with Gasteiger partial charge in [-0.25, -0.2) is 4.79 Å². The Kier molecular flexibility index (Phi) is 8.74. The minimum Gasteiger partial charge on any atom is -0.497 e. The van der Waals surface area contributed by atoms with Crippen LogP contribution in [0.1, 0.15) is 18.4 Å². The summed E-state index contributed by atoms with van der Waals surface area (Å²) in [4.78, 5) is 39.7. The fourth-order valence-corrected chi connectivity index (χ4v) is 4.63. The van der Waals surface area contributed by atoms with E-state index in [1.807, 2.05) is 0 Å². The van der Waals surface area contributed by atoms with Crippen molar-refractivity contribution in [2.45, 2.75) is 25.0 Å². The highest BCUT2D eigenvalue weighted by Gasteiger charge is 2.38. The largest absolute Gasteiger partial charge is 0.497 e. The quantitative estimate of drug-likeness (QED) is 0.252. The maximum atomic E-state index is 12.8. The van der Waals surface area contributed by atoms with Crippen molar-refractivity contribution in [1.29, 1.82) is 0 Å². The van der Waals surface area contributed by atoms with Crippen molar-refractivity contribution in [1.82, 2.24) is 9.80 Å². The van der Waals surface area contributed by atoms with E-state index in [0.717, 1.165) is 5.75 Å². The van der Waals surface area contributed by atoms with Gasteiger partial charge >= 0.3 is 6.09 Å². The lowest BCUT2D eigenvalue weighted by atomic mass is 10.0. The molecule has 2 aliphatic rings. The lowest BCUT2D eigenvalue weighted by Gasteiger charge is -2.35. The summed E-state index contributed by atoms with van der Waals surface area (Å²) in [6, 6.07) is 9.84. The molecule has 2 saturated heterocycles. The van der Waals surface area contributed by atoms with Crippen LogP contribution in [0.5, 0.6) is 23.0 Å². The molecule has 1 atom stereocenters. The van der Waals surface area contributed by atoms with Gasteiger partial charge in [-0.1, -0.05) is 0 Å². The lowest BCUT2D eigenvalue weighted by Crippen LogP contribution is -2.47. The van der Waals surface area contributed by atoms with Gasteiger partial charge in [0.15, 0.2) is 17.6 Å². The van der Waals surface area contributed by atoms with E-state index in [4.69, 9.17) is 23.7 Å². The molecule has 2 amide bonds. The zero-order chi connectivity index (χ0) is 27.9. The van der Waals surface area contributed by atoms with Crippen LogP contribution in [-0.4, -0.2) is 86.4 Å². The number of nitro benzene ring substituents is 1. The Morgan fingerprint density at radius 2 is 1.69 bits per heavy atom. The van der Waals surface area contributed by atoms with E-state index in [9.17, 15) is 19.7 Å². The molecule has 208 valence electrons. The number of ether oxygens (including phenoxy) is 5. The first-order chi connectivity index (χ1) is 18.8. The maximum Gasteiger partial charge on any atom is 0.410 e. The Labute approximate surface area is 225 Å². The fourth-order valence-electron chi connectivity index (χ4n) is 4.63. The van der Waals surface area contributed by atoms with Crippen LogP contribution in [-0.2, 0) is 9.53 Å². The monoisotopic (exact) mass is 541 g/mol. The van der Waals surface area contributed by atoms with Crippen molar-refractivity contribution < 1.29 is 38.2 Å². The number of methoxy groups -OCH3 is 3. The first kappa shape index (κ1) is 27.6. The average Bonchev–Trinajstić information content (AvgIpc) is 3.34. The lowest BCUT2D eigenvalue weighted by molar-refractivity contribution is -0.385. The Morgan fingerprint density at radius 3 is 2.31 bits per heavy atom. The van der Waals surface area contributed by atoms with E-state index in [1.54, 1.807) is 41.2 Å². The van der Waals surface area contributed by atoms with Crippen LogP contribution in [0.2, 0.25) is 0 Å². The number of hydrogen-bond donors (Lipinski definition) is 0. The molecule has 4 rings (SSSR count). The van der Waals surface area contributed by atoms with Gasteiger partial charge < -0.3 is 33.5 Å². The third-order valence-electron chi connectivity index (χ3n) is 6.75. The number of piperidine rings is 1. The van der Waals surface area contributed by atoms with Gasteiger partial charge in [-0.05, 0) is 49.2 Å². The molecule has 2 aromatic rings. The molecule has 2 aromatic carbocycles. The first-order valence-corrected chi connectivity index (χ1v) is 12.4. The average molecular weight is 542 g/mol. The molecule has 0 radical (unpaired) electrons. The molecule has 0 spiro atoms. The molecule has 2 aliphatic heterocycles. The highest BCUT2D eigenvalue weighted by molar-refractivity contribution is 5.92. The Hall–Kier alpha value is -4.48. The Morgan fingerprint density at radius 1 is 1.05 bits per heavy atom. The molecule has 0 aromatic heterocycles. The van der Waals surface area contributed by atoms with Crippen LogP contribution in [0, 0.1) is 10.1 Å². The van der Waals surface area contributed by atoms with Crippen LogP contribution >= 0.6 is 0 Å². The van der Waals surface area contributed by atoms with Crippen molar-refractivity contribution in [3.05, 3.63) is 58.2 Å². The predicted molar refractivity (Wildman–Crippen MR) is 140 cm³/mol. The third-order valence-corrected chi connectivity index (χ3v) is 6.75. The van der Waals surface area contributed by atoms with Gasteiger partial charge in [-0.2, -0.15) is 0 Å². The minimum absolute atomic E-state index is 0.0524. The Balaban J connectivity index is 1.30. The molecule has 12 nitrogen and oxygen atoms in total. The maximum absolute atomic E-state index is 12.8. The summed E-state index contributed by atoms with van der Waals surface area (Å²) in [7, 11) is 4.41. The number of likely N-dealkylation sites (tertiary alicyclic amines) is 1. The highest BCUT2D eigenvalue weighted by Crippen LogP contribution is 2.35. The SMILES string of the molecule is COc1ccc(OCC2CN(C3CCN(C(=O)C=Cc4cc(OC)c(OC)cc4[N+](=O)[O-])CC3)C(=O)O2)cc1. The van der Waals surface area contributed by atoms with Crippen molar-refractivity contribution in [2.75, 3.05) is 47.6 Å². The molecule has 2 fully saturated rings. The van der Waals surface area contributed by atoms with Crippen molar-refractivity contribution in [2.24, 2.45) is 0 Å². The molecule has 0 bridgehead atoms. The summed E-state index contributed by atoms with van der Waals surface area (Å²) >= 11 is 0. The molecule has 0 aliphatic carbocycles. The number of nitrogens with zero attached hydrogens (tertiary/aromatic N) is 3. The summed E-state index contributed by atoms with van der Waals surface area (Å²) < 4.78 is 26.7. The molecular weight excluding hydrogens is 510 g/mol. The molecular formula is C27H31N3O9. The van der Waals surface area contributed by atoms with E-state index in [-0.39, 0.29) is 47.8 Å². The molecule has 12 heteroatoms. The fraction of sp³-hybridized carbons (Fsp3) is 0.407. The summed E-state index contributed by atoms with van der Waals surface area (Å²) in [6.07, 6.45) is 3.13. The van der Waals surface area contributed by atoms with Crippen molar-refractivity contribution >= 4 is 23.8 Å². The zero-order valence-corrected chi connectivity index (χ0v) is 22.0. The van der Waals surface area contributed by atoms with Gasteiger partial charge in [-0.15, -0.1) is 0 Å². The van der Waals surface area contributed by atoms with E-state index in [0.29, 0.717) is 44.0 Å².